The van der Waals surface area contributed by atoms with Gasteiger partial charge in [0.05, 0.1) is 6.10 Å². The van der Waals surface area contributed by atoms with Crippen LogP contribution in [0.1, 0.15) is 17.2 Å². The summed E-state index contributed by atoms with van der Waals surface area (Å²) in [6.45, 7) is -0.0913. The van der Waals surface area contributed by atoms with Crippen LogP contribution in [0.4, 0.5) is 13.2 Å². The molecule has 1 aromatic heterocycles. The third-order valence-corrected chi connectivity index (χ3v) is 6.25. The fraction of sp³-hybridized carbons (Fsp3) is 0.333. The molecule has 0 aliphatic heterocycles. The summed E-state index contributed by atoms with van der Waals surface area (Å²) in [5.41, 5.74) is 1.05. The smallest absolute Gasteiger partial charge is 0.363 e. The molecule has 1 unspecified atom stereocenters. The van der Waals surface area contributed by atoms with Gasteiger partial charge in [-0.3, -0.25) is 0 Å². The summed E-state index contributed by atoms with van der Waals surface area (Å²) >= 11 is 1.05. The van der Waals surface area contributed by atoms with Crippen molar-refractivity contribution in [2.75, 3.05) is 13.2 Å². The molecule has 24 heavy (non-hydrogen) atoms. The van der Waals surface area contributed by atoms with Gasteiger partial charge in [-0.15, -0.1) is 11.3 Å². The minimum absolute atomic E-state index is 0.144. The number of sulfonamides is 1. The van der Waals surface area contributed by atoms with Crippen molar-refractivity contribution in [1.82, 2.24) is 4.72 Å². The van der Waals surface area contributed by atoms with Crippen molar-refractivity contribution >= 4 is 21.4 Å². The molecule has 132 valence electrons. The fourth-order valence-corrected chi connectivity index (χ4v) is 4.51. The first kappa shape index (κ1) is 18.9. The van der Waals surface area contributed by atoms with Gasteiger partial charge in [0.15, 0.2) is 0 Å². The van der Waals surface area contributed by atoms with Gasteiger partial charge in [0.25, 0.3) is 0 Å². The largest absolute Gasteiger partial charge is 0.411 e. The number of nitrogens with one attached hydrogen (secondary N) is 1. The minimum atomic E-state index is -4.49. The van der Waals surface area contributed by atoms with Crippen LogP contribution in [0.3, 0.4) is 0 Å². The molecule has 0 aliphatic rings. The Morgan fingerprint density at radius 3 is 2.42 bits per heavy atom. The summed E-state index contributed by atoms with van der Waals surface area (Å²) in [7, 11) is -3.80. The molecule has 0 spiro atoms. The average molecular weight is 379 g/mol. The van der Waals surface area contributed by atoms with Crippen LogP contribution in [-0.4, -0.2) is 27.7 Å². The number of rotatable bonds is 7. The van der Waals surface area contributed by atoms with Gasteiger partial charge in [-0.2, -0.15) is 13.2 Å². The van der Waals surface area contributed by atoms with Gasteiger partial charge >= 0.3 is 6.18 Å². The first-order valence-corrected chi connectivity index (χ1v) is 9.32. The van der Waals surface area contributed by atoms with Gasteiger partial charge < -0.3 is 4.74 Å². The van der Waals surface area contributed by atoms with E-state index in [1.165, 1.54) is 0 Å². The van der Waals surface area contributed by atoms with E-state index in [0.717, 1.165) is 11.3 Å². The van der Waals surface area contributed by atoms with Crippen molar-refractivity contribution in [3.63, 3.8) is 0 Å². The molecule has 2 rings (SSSR count). The normalized spacial score (nSPS) is 13.8. The predicted octanol–water partition coefficient (Wildman–Crippen LogP) is 3.66. The zero-order valence-corrected chi connectivity index (χ0v) is 14.3. The molecule has 0 amide bonds. The van der Waals surface area contributed by atoms with E-state index in [1.54, 1.807) is 48.7 Å². The van der Waals surface area contributed by atoms with Crippen LogP contribution in [-0.2, 0) is 14.8 Å². The Hall–Kier alpha value is -1.42. The Bertz CT molecular complexity index is 758. The molecule has 0 bridgehead atoms. The van der Waals surface area contributed by atoms with E-state index in [1.807, 2.05) is 0 Å². The van der Waals surface area contributed by atoms with Crippen LogP contribution in [0, 0.1) is 6.92 Å². The molecule has 1 atom stereocenters. The van der Waals surface area contributed by atoms with Gasteiger partial charge in [-0.05, 0) is 29.5 Å². The highest BCUT2D eigenvalue weighted by atomic mass is 32.2. The van der Waals surface area contributed by atoms with E-state index < -0.39 is 28.9 Å². The van der Waals surface area contributed by atoms with E-state index in [9.17, 15) is 21.6 Å². The van der Waals surface area contributed by atoms with Crippen LogP contribution >= 0.6 is 11.3 Å². The molecular weight excluding hydrogens is 363 g/mol. The van der Waals surface area contributed by atoms with Crippen LogP contribution in [0.25, 0.3) is 0 Å². The number of benzene rings is 1. The van der Waals surface area contributed by atoms with Crippen molar-refractivity contribution in [3.05, 3.63) is 52.9 Å². The summed E-state index contributed by atoms with van der Waals surface area (Å²) in [5, 5.41) is 1.64. The first-order valence-electron chi connectivity index (χ1n) is 6.96. The second kappa shape index (κ2) is 7.64. The summed E-state index contributed by atoms with van der Waals surface area (Å²) in [6.07, 6.45) is -5.53. The third kappa shape index (κ3) is 5.30. The topological polar surface area (TPSA) is 55.4 Å². The van der Waals surface area contributed by atoms with E-state index in [4.69, 9.17) is 4.74 Å². The monoisotopic (exact) mass is 379 g/mol. The molecule has 1 N–H and O–H groups in total. The fourth-order valence-electron chi connectivity index (χ4n) is 2.02. The Kier molecular flexibility index (Phi) is 6.02. The Labute approximate surface area is 142 Å². The molecule has 0 saturated heterocycles. The molecule has 9 heteroatoms. The van der Waals surface area contributed by atoms with Crippen molar-refractivity contribution in [2.45, 2.75) is 23.4 Å². The van der Waals surface area contributed by atoms with Crippen molar-refractivity contribution < 1.29 is 26.3 Å². The summed E-state index contributed by atoms with van der Waals surface area (Å²) < 4.78 is 69.2. The number of thiophene rings is 1. The number of ether oxygens (including phenoxy) is 1. The molecule has 0 fully saturated rings. The molecule has 1 aromatic carbocycles. The maximum Gasteiger partial charge on any atom is 0.411 e. The third-order valence-electron chi connectivity index (χ3n) is 3.14. The van der Waals surface area contributed by atoms with Gasteiger partial charge in [-0.1, -0.05) is 30.3 Å². The zero-order chi connectivity index (χ0) is 17.8. The van der Waals surface area contributed by atoms with Gasteiger partial charge in [0.2, 0.25) is 10.0 Å². The Morgan fingerprint density at radius 2 is 1.88 bits per heavy atom. The zero-order valence-electron chi connectivity index (χ0n) is 12.7. The van der Waals surface area contributed by atoms with Crippen LogP contribution in [0.5, 0.6) is 0 Å². The van der Waals surface area contributed by atoms with E-state index in [-0.39, 0.29) is 10.8 Å². The molecule has 0 saturated carbocycles. The molecular formula is C15H16F3NO3S2. The number of aryl methyl sites for hydroxylation is 1. The van der Waals surface area contributed by atoms with Crippen LogP contribution in [0.15, 0.2) is 46.0 Å². The lowest BCUT2D eigenvalue weighted by atomic mass is 10.1. The lowest BCUT2D eigenvalue weighted by molar-refractivity contribution is -0.185. The number of hydrogen-bond acceptors (Lipinski definition) is 4. The maximum atomic E-state index is 12.4. The van der Waals surface area contributed by atoms with Gasteiger partial charge in [-0.25, -0.2) is 13.1 Å². The molecule has 0 aliphatic carbocycles. The van der Waals surface area contributed by atoms with Crippen LogP contribution < -0.4 is 4.72 Å². The first-order chi connectivity index (χ1) is 11.2. The molecule has 2 aromatic rings. The Balaban J connectivity index is 2.12. The standard InChI is InChI=1S/C15H16F3NO3S2/c1-11-7-8-23-14(11)24(20,21)19-9-13(22-10-15(16,17)18)12-5-3-2-4-6-12/h2-8,13,19H,9-10H2,1H3. The van der Waals surface area contributed by atoms with Gasteiger partial charge in [0.1, 0.15) is 10.8 Å². The number of halogens is 3. The van der Waals surface area contributed by atoms with Gasteiger partial charge in [0, 0.05) is 6.54 Å². The predicted molar refractivity (Wildman–Crippen MR) is 85.4 cm³/mol. The lowest BCUT2D eigenvalue weighted by Crippen LogP contribution is -2.31. The second-order valence-electron chi connectivity index (χ2n) is 5.07. The highest BCUT2D eigenvalue weighted by Crippen LogP contribution is 2.24. The summed E-state index contributed by atoms with van der Waals surface area (Å²) in [4.78, 5) is 0. The number of alkyl halides is 3. The number of hydrogen-bond donors (Lipinski definition) is 1. The van der Waals surface area contributed by atoms with Crippen molar-refractivity contribution in [1.29, 1.82) is 0 Å². The summed E-state index contributed by atoms with van der Waals surface area (Å²) in [5.74, 6) is 0. The molecule has 1 heterocycles. The minimum Gasteiger partial charge on any atom is -0.363 e. The van der Waals surface area contributed by atoms with Crippen LogP contribution in [0.2, 0.25) is 0 Å². The quantitative estimate of drug-likeness (QED) is 0.799. The van der Waals surface area contributed by atoms with Crippen molar-refractivity contribution in [2.24, 2.45) is 0 Å². The summed E-state index contributed by atoms with van der Waals surface area (Å²) in [6, 6.07) is 9.85. The molecule has 0 radical (unpaired) electrons. The van der Waals surface area contributed by atoms with E-state index in [2.05, 4.69) is 4.72 Å². The van der Waals surface area contributed by atoms with E-state index >= 15 is 0 Å². The second-order valence-corrected chi connectivity index (χ2v) is 7.95. The highest BCUT2D eigenvalue weighted by Gasteiger charge is 2.30. The Morgan fingerprint density at radius 1 is 1.21 bits per heavy atom. The lowest BCUT2D eigenvalue weighted by Gasteiger charge is -2.20. The van der Waals surface area contributed by atoms with Crippen molar-refractivity contribution in [3.8, 4) is 0 Å². The molecule has 4 nitrogen and oxygen atoms in total. The SMILES string of the molecule is Cc1ccsc1S(=O)(=O)NCC(OCC(F)(F)F)c1ccccc1. The average Bonchev–Trinajstić information content (AvgIpc) is 2.94. The highest BCUT2D eigenvalue weighted by molar-refractivity contribution is 7.91. The van der Waals surface area contributed by atoms with E-state index in [0.29, 0.717) is 11.1 Å². The maximum absolute atomic E-state index is 12.4.